The summed E-state index contributed by atoms with van der Waals surface area (Å²) in [4.78, 5) is 16.0. The first-order valence-electron chi connectivity index (χ1n) is 5.19. The summed E-state index contributed by atoms with van der Waals surface area (Å²) in [7, 11) is 0. The number of aromatic nitrogens is 1. The minimum atomic E-state index is -0.200. The molecule has 1 atom stereocenters. The van der Waals surface area contributed by atoms with Gasteiger partial charge in [0.25, 0.3) is 5.91 Å². The maximum Gasteiger partial charge on any atom is 0.271 e. The predicted molar refractivity (Wildman–Crippen MR) is 65.8 cm³/mol. The van der Waals surface area contributed by atoms with Crippen molar-refractivity contribution in [2.75, 3.05) is 6.54 Å². The second kappa shape index (κ2) is 5.11. The molecule has 0 unspecified atom stereocenters. The molecule has 0 aliphatic heterocycles. The maximum atomic E-state index is 11.8. The van der Waals surface area contributed by atoms with Crippen LogP contribution in [-0.2, 0) is 0 Å². The number of nitrogens with two attached hydrogens (primary N) is 1. The van der Waals surface area contributed by atoms with Crippen LogP contribution in [0.3, 0.4) is 0 Å². The summed E-state index contributed by atoms with van der Waals surface area (Å²) in [6.45, 7) is 2.26. The smallest absolute Gasteiger partial charge is 0.271 e. The fourth-order valence-corrected chi connectivity index (χ4v) is 2.04. The Hall–Kier alpha value is -1.66. The molecule has 0 aliphatic rings. The van der Waals surface area contributed by atoms with Crippen molar-refractivity contribution in [1.82, 2.24) is 10.3 Å². The summed E-state index contributed by atoms with van der Waals surface area (Å²) in [5, 5.41) is 5.25. The Kier molecular flexibility index (Phi) is 3.55. The molecule has 5 nitrogen and oxygen atoms in total. The van der Waals surface area contributed by atoms with E-state index < -0.39 is 0 Å². The molecule has 2 rings (SSSR count). The highest BCUT2D eigenvalue weighted by atomic mass is 32.1. The van der Waals surface area contributed by atoms with Crippen LogP contribution in [0.4, 0.5) is 0 Å². The molecule has 0 saturated carbocycles. The largest absolute Gasteiger partial charge is 0.472 e. The Morgan fingerprint density at radius 2 is 2.53 bits per heavy atom. The van der Waals surface area contributed by atoms with Crippen molar-refractivity contribution in [3.63, 3.8) is 0 Å². The van der Waals surface area contributed by atoms with Crippen LogP contribution in [0, 0.1) is 0 Å². The Labute approximate surface area is 103 Å². The summed E-state index contributed by atoms with van der Waals surface area (Å²) in [6.07, 6.45) is 3.18. The van der Waals surface area contributed by atoms with E-state index in [-0.39, 0.29) is 11.9 Å². The van der Waals surface area contributed by atoms with Crippen molar-refractivity contribution in [2.24, 2.45) is 5.73 Å². The van der Waals surface area contributed by atoms with Crippen LogP contribution in [0.25, 0.3) is 10.6 Å². The second-order valence-corrected chi connectivity index (χ2v) is 4.52. The SMILES string of the molecule is C[C@@H](CN)NC(=O)c1csc(-c2ccoc2)n1. The van der Waals surface area contributed by atoms with Crippen molar-refractivity contribution in [1.29, 1.82) is 0 Å². The molecule has 0 aromatic carbocycles. The van der Waals surface area contributed by atoms with E-state index in [2.05, 4.69) is 10.3 Å². The third-order valence-electron chi connectivity index (χ3n) is 2.24. The van der Waals surface area contributed by atoms with Crippen LogP contribution in [0.15, 0.2) is 28.4 Å². The Morgan fingerprint density at radius 1 is 1.71 bits per heavy atom. The average Bonchev–Trinajstić information content (AvgIpc) is 2.98. The molecule has 0 spiro atoms. The highest BCUT2D eigenvalue weighted by Crippen LogP contribution is 2.23. The van der Waals surface area contributed by atoms with Gasteiger partial charge in [-0.25, -0.2) is 4.98 Å². The van der Waals surface area contributed by atoms with Gasteiger partial charge in [-0.2, -0.15) is 0 Å². The number of carbonyl (C=O) groups is 1. The fraction of sp³-hybridized carbons (Fsp3) is 0.273. The summed E-state index contributed by atoms with van der Waals surface area (Å²) < 4.78 is 4.97. The van der Waals surface area contributed by atoms with Gasteiger partial charge >= 0.3 is 0 Å². The molecule has 0 aliphatic carbocycles. The topological polar surface area (TPSA) is 81.1 Å². The first-order valence-corrected chi connectivity index (χ1v) is 6.07. The lowest BCUT2D eigenvalue weighted by Crippen LogP contribution is -2.37. The van der Waals surface area contributed by atoms with Gasteiger partial charge in [0.2, 0.25) is 0 Å². The fourth-order valence-electron chi connectivity index (χ4n) is 1.25. The van der Waals surface area contributed by atoms with Crippen LogP contribution in [-0.4, -0.2) is 23.5 Å². The third kappa shape index (κ3) is 2.72. The standard InChI is InChI=1S/C11H13N3O2S/c1-7(4-12)13-10(15)9-6-17-11(14-9)8-2-3-16-5-8/h2-3,5-7H,4,12H2,1H3,(H,13,15)/t7-/m0/s1. The van der Waals surface area contributed by atoms with Crippen LogP contribution < -0.4 is 11.1 Å². The van der Waals surface area contributed by atoms with Gasteiger partial charge in [0.1, 0.15) is 17.0 Å². The molecular formula is C11H13N3O2S. The number of rotatable bonds is 4. The van der Waals surface area contributed by atoms with E-state index in [0.29, 0.717) is 12.2 Å². The number of hydrogen-bond donors (Lipinski definition) is 2. The maximum absolute atomic E-state index is 11.8. The molecule has 2 aromatic rings. The van der Waals surface area contributed by atoms with E-state index in [1.807, 2.05) is 13.0 Å². The van der Waals surface area contributed by atoms with Crippen LogP contribution >= 0.6 is 11.3 Å². The first-order chi connectivity index (χ1) is 8.20. The van der Waals surface area contributed by atoms with E-state index in [1.165, 1.54) is 11.3 Å². The molecular weight excluding hydrogens is 238 g/mol. The second-order valence-electron chi connectivity index (χ2n) is 3.66. The predicted octanol–water partition coefficient (Wildman–Crippen LogP) is 1.48. The van der Waals surface area contributed by atoms with E-state index in [4.69, 9.17) is 10.2 Å². The zero-order valence-corrected chi connectivity index (χ0v) is 10.2. The van der Waals surface area contributed by atoms with Gasteiger partial charge in [0.05, 0.1) is 6.26 Å². The van der Waals surface area contributed by atoms with Crippen LogP contribution in [0.5, 0.6) is 0 Å². The highest BCUT2D eigenvalue weighted by Gasteiger charge is 2.13. The lowest BCUT2D eigenvalue weighted by atomic mass is 10.3. The van der Waals surface area contributed by atoms with Gasteiger partial charge in [-0.05, 0) is 13.0 Å². The highest BCUT2D eigenvalue weighted by molar-refractivity contribution is 7.13. The summed E-state index contributed by atoms with van der Waals surface area (Å²) in [6, 6.07) is 1.75. The zero-order valence-electron chi connectivity index (χ0n) is 9.34. The van der Waals surface area contributed by atoms with Crippen LogP contribution in [0.1, 0.15) is 17.4 Å². The number of thiazole rings is 1. The third-order valence-corrected chi connectivity index (χ3v) is 3.13. The molecule has 0 saturated heterocycles. The van der Waals surface area contributed by atoms with Gasteiger partial charge in [0.15, 0.2) is 0 Å². The number of hydrogen-bond acceptors (Lipinski definition) is 5. The number of nitrogens with zero attached hydrogens (tertiary/aromatic N) is 1. The van der Waals surface area contributed by atoms with Crippen molar-refractivity contribution in [3.8, 4) is 10.6 Å². The molecule has 6 heteroatoms. The van der Waals surface area contributed by atoms with Gasteiger partial charge in [-0.1, -0.05) is 0 Å². The Balaban J connectivity index is 2.11. The number of furan rings is 1. The molecule has 2 aromatic heterocycles. The van der Waals surface area contributed by atoms with Crippen molar-refractivity contribution in [2.45, 2.75) is 13.0 Å². The number of nitrogens with one attached hydrogen (secondary N) is 1. The quantitative estimate of drug-likeness (QED) is 0.862. The van der Waals surface area contributed by atoms with E-state index in [1.54, 1.807) is 17.9 Å². The Bertz CT molecular complexity index is 493. The molecule has 2 heterocycles. The monoisotopic (exact) mass is 251 g/mol. The number of carbonyl (C=O) groups excluding carboxylic acids is 1. The summed E-state index contributed by atoms with van der Waals surface area (Å²) in [5.74, 6) is -0.200. The van der Waals surface area contributed by atoms with Gasteiger partial charge in [-0.15, -0.1) is 11.3 Å². The van der Waals surface area contributed by atoms with Gasteiger partial charge in [-0.3, -0.25) is 4.79 Å². The average molecular weight is 251 g/mol. The zero-order chi connectivity index (χ0) is 12.3. The normalized spacial score (nSPS) is 12.4. The summed E-state index contributed by atoms with van der Waals surface area (Å²) >= 11 is 1.41. The van der Waals surface area contributed by atoms with E-state index in [0.717, 1.165) is 10.6 Å². The first kappa shape index (κ1) is 11.8. The molecule has 90 valence electrons. The van der Waals surface area contributed by atoms with E-state index in [9.17, 15) is 4.79 Å². The molecule has 0 fully saturated rings. The van der Waals surface area contributed by atoms with Gasteiger partial charge in [0, 0.05) is 23.5 Å². The molecule has 3 N–H and O–H groups in total. The van der Waals surface area contributed by atoms with Crippen molar-refractivity contribution in [3.05, 3.63) is 29.7 Å². The molecule has 0 radical (unpaired) electrons. The summed E-state index contributed by atoms with van der Waals surface area (Å²) in [5.41, 5.74) is 6.72. The molecule has 1 amide bonds. The molecule has 17 heavy (non-hydrogen) atoms. The lowest BCUT2D eigenvalue weighted by Gasteiger charge is -2.09. The Morgan fingerprint density at radius 3 is 3.18 bits per heavy atom. The van der Waals surface area contributed by atoms with Crippen molar-refractivity contribution < 1.29 is 9.21 Å². The van der Waals surface area contributed by atoms with Crippen LogP contribution in [0.2, 0.25) is 0 Å². The van der Waals surface area contributed by atoms with E-state index >= 15 is 0 Å². The molecule has 0 bridgehead atoms. The lowest BCUT2D eigenvalue weighted by molar-refractivity contribution is 0.0937. The van der Waals surface area contributed by atoms with Gasteiger partial charge < -0.3 is 15.5 Å². The van der Waals surface area contributed by atoms with Crippen molar-refractivity contribution >= 4 is 17.2 Å². The number of amides is 1. The minimum absolute atomic E-state index is 0.0541. The minimum Gasteiger partial charge on any atom is -0.472 e.